The van der Waals surface area contributed by atoms with E-state index in [0.29, 0.717) is 0 Å². The third kappa shape index (κ3) is 9.03. The van der Waals surface area contributed by atoms with E-state index in [1.807, 2.05) is 0 Å². The van der Waals surface area contributed by atoms with Crippen molar-refractivity contribution in [3.63, 3.8) is 0 Å². The van der Waals surface area contributed by atoms with Gasteiger partial charge >= 0.3 is 106 Å². The summed E-state index contributed by atoms with van der Waals surface area (Å²) >= 11 is 0. The zero-order valence-corrected chi connectivity index (χ0v) is 9.42. The van der Waals surface area contributed by atoms with Gasteiger partial charge in [0.25, 0.3) is 0 Å². The van der Waals surface area contributed by atoms with E-state index in [1.165, 1.54) is 0 Å². The first-order valence-corrected chi connectivity index (χ1v) is 0. The Balaban J connectivity index is 0. The smallest absolute Gasteiger partial charge is 2.00 e. The zero-order valence-electron chi connectivity index (χ0n) is 1.77. The summed E-state index contributed by atoms with van der Waals surface area (Å²) < 4.78 is 0. The average molecular weight is 374 g/mol. The van der Waals surface area contributed by atoms with Gasteiger partial charge < -0.3 is 5.48 Å². The molecule has 1 nitrogen and oxygen atoms in total. The normalized spacial score (nSPS) is 0. The average Bonchev–Trinajstić information content (AvgIpc) is 0. The maximum Gasteiger partial charge on any atom is 3.00 e. The second-order valence-corrected chi connectivity index (χ2v) is 0. The molecular formula is BaCuGdO+5. The first-order chi connectivity index (χ1) is 0. The minimum absolute atomic E-state index is 0. The van der Waals surface area contributed by atoms with Crippen molar-refractivity contribution < 1.29 is 62.5 Å². The minimum atomic E-state index is 0. The molecule has 0 saturated heterocycles. The third-order valence-corrected chi connectivity index (χ3v) is 0. The van der Waals surface area contributed by atoms with E-state index in [1.54, 1.807) is 0 Å². The molecule has 0 aromatic rings. The van der Waals surface area contributed by atoms with Crippen LogP contribution in [-0.4, -0.2) is 48.9 Å². The molecule has 0 unspecified atom stereocenters. The molecular weight excluding hydrogens is 374 g/mol. The largest absolute Gasteiger partial charge is 3.00 e. The summed E-state index contributed by atoms with van der Waals surface area (Å²) in [6.45, 7) is 0. The van der Waals surface area contributed by atoms with Crippen LogP contribution in [0.2, 0.25) is 0 Å². The molecule has 0 aliphatic heterocycles. The fourth-order valence-corrected chi connectivity index (χ4v) is 0. The van der Waals surface area contributed by atoms with Crippen molar-refractivity contribution >= 4 is 48.9 Å². The van der Waals surface area contributed by atoms with Crippen LogP contribution < -0.4 is 0 Å². The summed E-state index contributed by atoms with van der Waals surface area (Å²) in [7, 11) is 0. The predicted molar refractivity (Wildman–Crippen MR) is 6.44 cm³/mol. The molecule has 0 bridgehead atoms. The van der Waals surface area contributed by atoms with Crippen molar-refractivity contribution in [3.8, 4) is 0 Å². The van der Waals surface area contributed by atoms with E-state index in [2.05, 4.69) is 0 Å². The molecule has 0 N–H and O–H groups in total. The van der Waals surface area contributed by atoms with Crippen LogP contribution in [-0.2, 0) is 22.5 Å². The van der Waals surface area contributed by atoms with Crippen LogP contribution in [0.3, 0.4) is 0 Å². The van der Waals surface area contributed by atoms with Gasteiger partial charge in [0.2, 0.25) is 0 Å². The Morgan fingerprint density at radius 1 is 1.00 bits per heavy atom. The molecule has 0 atom stereocenters. The van der Waals surface area contributed by atoms with Gasteiger partial charge in [-0.25, -0.2) is 0 Å². The maximum absolute atomic E-state index is 0. The molecule has 0 aliphatic carbocycles. The van der Waals surface area contributed by atoms with Crippen LogP contribution in [0.25, 0.3) is 0 Å². The molecule has 4 heavy (non-hydrogen) atoms. The van der Waals surface area contributed by atoms with E-state index >= 15 is 0 Å². The van der Waals surface area contributed by atoms with E-state index < -0.39 is 0 Å². The molecule has 0 spiro atoms. The van der Waals surface area contributed by atoms with Gasteiger partial charge in [-0.05, 0) is 0 Å². The summed E-state index contributed by atoms with van der Waals surface area (Å²) in [5.74, 6) is 0. The number of rotatable bonds is 0. The third-order valence-electron chi connectivity index (χ3n) is 0. The van der Waals surface area contributed by atoms with Crippen LogP contribution in [0, 0.1) is 39.9 Å². The van der Waals surface area contributed by atoms with Gasteiger partial charge in [-0.1, -0.05) is 0 Å². The van der Waals surface area contributed by atoms with Crippen molar-refractivity contribution in [1.82, 2.24) is 0 Å². The van der Waals surface area contributed by atoms with Crippen molar-refractivity contribution in [2.24, 2.45) is 0 Å². The Hall–Kier alpha value is 3.38. The predicted octanol–water partition coefficient (Wildman–Crippen LogP) is -0.502. The van der Waals surface area contributed by atoms with Gasteiger partial charge in [-0.15, -0.1) is 0 Å². The minimum Gasteiger partial charge on any atom is -2.00 e. The zero-order chi connectivity index (χ0) is 0. The van der Waals surface area contributed by atoms with Gasteiger partial charge in [0.1, 0.15) is 0 Å². The Bertz CT molecular complexity index is 8.00. The standard InChI is InChI=1S/Ba.Cu.Gd.O/q2*+2;+3;-2. The summed E-state index contributed by atoms with van der Waals surface area (Å²) in [6.07, 6.45) is 0. The molecule has 0 aromatic carbocycles. The second-order valence-electron chi connectivity index (χ2n) is 0. The monoisotopic (exact) mass is 375 g/mol. The fraction of sp³-hybridized carbons (Fsp3) is 0. The SMILES string of the molecule is [Ba+2].[Cu+2].[Gd+3].[O-2]. The van der Waals surface area contributed by atoms with E-state index in [-0.39, 0.29) is 111 Å². The topological polar surface area (TPSA) is 28.5 Å². The van der Waals surface area contributed by atoms with Crippen LogP contribution in [0.1, 0.15) is 0 Å². The van der Waals surface area contributed by atoms with E-state index in [4.69, 9.17) is 0 Å². The van der Waals surface area contributed by atoms with Crippen LogP contribution >= 0.6 is 0 Å². The number of hydrogen-bond acceptors (Lipinski definition) is 0. The van der Waals surface area contributed by atoms with Crippen molar-refractivity contribution in [1.29, 1.82) is 0 Å². The van der Waals surface area contributed by atoms with Crippen molar-refractivity contribution in [3.05, 3.63) is 0 Å². The molecule has 0 saturated carbocycles. The van der Waals surface area contributed by atoms with Crippen molar-refractivity contribution in [2.75, 3.05) is 0 Å². The molecule has 0 heterocycles. The summed E-state index contributed by atoms with van der Waals surface area (Å²) in [5.41, 5.74) is 0. The van der Waals surface area contributed by atoms with Gasteiger partial charge in [-0.3, -0.25) is 0 Å². The van der Waals surface area contributed by atoms with Gasteiger partial charge in [-0.2, -0.15) is 0 Å². The molecule has 2 radical (unpaired) electrons. The quantitative estimate of drug-likeness (QED) is 0.512. The van der Waals surface area contributed by atoms with Gasteiger partial charge in [0.15, 0.2) is 0 Å². The Labute approximate surface area is 108 Å². The van der Waals surface area contributed by atoms with Crippen LogP contribution in [0.5, 0.6) is 0 Å². The van der Waals surface area contributed by atoms with Gasteiger partial charge in [0.05, 0.1) is 0 Å². The molecule has 0 amide bonds. The fourth-order valence-electron chi connectivity index (χ4n) is 0. The molecule has 0 fully saturated rings. The summed E-state index contributed by atoms with van der Waals surface area (Å²) in [4.78, 5) is 0. The first-order valence-electron chi connectivity index (χ1n) is 0. The first kappa shape index (κ1) is 26.3. The molecule has 0 rings (SSSR count). The Morgan fingerprint density at radius 3 is 1.00 bits per heavy atom. The summed E-state index contributed by atoms with van der Waals surface area (Å²) in [6, 6.07) is 0. The van der Waals surface area contributed by atoms with E-state index in [9.17, 15) is 0 Å². The molecule has 22 valence electrons. The second kappa shape index (κ2) is 16.2. The van der Waals surface area contributed by atoms with Crippen LogP contribution in [0.4, 0.5) is 0 Å². The Kier molecular flexibility index (Phi) is 106. The number of hydrogen-bond donors (Lipinski definition) is 0. The van der Waals surface area contributed by atoms with E-state index in [0.717, 1.165) is 0 Å². The maximum atomic E-state index is 0. The van der Waals surface area contributed by atoms with Crippen LogP contribution in [0.15, 0.2) is 0 Å². The molecule has 0 aromatic heterocycles. The van der Waals surface area contributed by atoms with Gasteiger partial charge in [0, 0.05) is 0 Å². The molecule has 0 aliphatic rings. The van der Waals surface area contributed by atoms with Crippen molar-refractivity contribution in [2.45, 2.75) is 0 Å². The Morgan fingerprint density at radius 2 is 1.00 bits per heavy atom. The summed E-state index contributed by atoms with van der Waals surface area (Å²) in [5, 5.41) is 0. The molecule has 4 heteroatoms.